The van der Waals surface area contributed by atoms with Crippen LogP contribution in [0.3, 0.4) is 0 Å². The average molecular weight is 305 g/mol. The fraction of sp³-hybridized carbons (Fsp3) is 0.250. The Bertz CT molecular complexity index is 767. The third-order valence-electron chi connectivity index (χ3n) is 3.26. The molecule has 0 saturated carbocycles. The zero-order valence-corrected chi connectivity index (χ0v) is 13.2. The molecule has 2 N–H and O–H groups in total. The molecule has 0 aromatic heterocycles. The van der Waals surface area contributed by atoms with Gasteiger partial charge in [0.25, 0.3) is 0 Å². The van der Waals surface area contributed by atoms with Crippen molar-refractivity contribution in [3.8, 4) is 5.75 Å². The van der Waals surface area contributed by atoms with Crippen LogP contribution < -0.4 is 9.88 Å². The van der Waals surface area contributed by atoms with E-state index in [0.29, 0.717) is 17.9 Å². The number of sulfonamides is 1. The summed E-state index contributed by atoms with van der Waals surface area (Å²) in [5.41, 5.74) is 3.58. The minimum absolute atomic E-state index is 0.142. The molecule has 0 fully saturated rings. The molecule has 0 unspecified atom stereocenters. The molecule has 0 aliphatic heterocycles. The van der Waals surface area contributed by atoms with Gasteiger partial charge in [-0.1, -0.05) is 29.8 Å². The third kappa shape index (κ3) is 3.83. The maximum absolute atomic E-state index is 11.5. The lowest BCUT2D eigenvalue weighted by molar-refractivity contribution is 0.303. The number of nitrogens with two attached hydrogens (primary N) is 1. The van der Waals surface area contributed by atoms with E-state index in [4.69, 9.17) is 9.88 Å². The van der Waals surface area contributed by atoms with Crippen molar-refractivity contribution in [2.24, 2.45) is 5.14 Å². The Hall–Kier alpha value is -1.85. The van der Waals surface area contributed by atoms with E-state index in [1.54, 1.807) is 26.0 Å². The van der Waals surface area contributed by atoms with Gasteiger partial charge in [-0.05, 0) is 49.6 Å². The highest BCUT2D eigenvalue weighted by atomic mass is 32.2. The molecule has 0 atom stereocenters. The van der Waals surface area contributed by atoms with Crippen molar-refractivity contribution in [3.05, 3.63) is 58.7 Å². The highest BCUT2D eigenvalue weighted by Gasteiger charge is 2.14. The van der Waals surface area contributed by atoms with Crippen LogP contribution in [-0.2, 0) is 16.6 Å². The van der Waals surface area contributed by atoms with Gasteiger partial charge < -0.3 is 4.74 Å². The van der Waals surface area contributed by atoms with E-state index in [2.05, 4.69) is 6.07 Å². The van der Waals surface area contributed by atoms with Crippen LogP contribution in [0.4, 0.5) is 0 Å². The Balaban J connectivity index is 2.24. The quantitative estimate of drug-likeness (QED) is 0.944. The highest BCUT2D eigenvalue weighted by molar-refractivity contribution is 7.89. The maximum atomic E-state index is 11.5. The molecular formula is C16H19NO3S. The van der Waals surface area contributed by atoms with E-state index < -0.39 is 10.0 Å². The number of aryl methyl sites for hydroxylation is 3. The summed E-state index contributed by atoms with van der Waals surface area (Å²) in [5.74, 6) is 0.668. The van der Waals surface area contributed by atoms with Gasteiger partial charge in [-0.2, -0.15) is 0 Å². The van der Waals surface area contributed by atoms with Crippen molar-refractivity contribution in [2.45, 2.75) is 32.3 Å². The number of primary sulfonamides is 1. The third-order valence-corrected chi connectivity index (χ3v) is 4.31. The van der Waals surface area contributed by atoms with Crippen LogP contribution in [0.25, 0.3) is 0 Å². The van der Waals surface area contributed by atoms with E-state index in [1.807, 2.05) is 25.1 Å². The fourth-order valence-electron chi connectivity index (χ4n) is 2.19. The summed E-state index contributed by atoms with van der Waals surface area (Å²) < 4.78 is 28.7. The summed E-state index contributed by atoms with van der Waals surface area (Å²) >= 11 is 0. The standard InChI is InChI=1S/C16H19NO3S/c1-11-5-4-6-14(7-11)10-20-15-8-13(3)16(9-12(15)2)21(17,18)19/h4-9H,10H2,1-3H3,(H2,17,18,19). The Morgan fingerprint density at radius 1 is 1.05 bits per heavy atom. The zero-order valence-electron chi connectivity index (χ0n) is 12.4. The van der Waals surface area contributed by atoms with Gasteiger partial charge in [0.05, 0.1) is 4.90 Å². The second-order valence-electron chi connectivity index (χ2n) is 5.21. The Labute approximate surface area is 125 Å². The Morgan fingerprint density at radius 3 is 2.38 bits per heavy atom. The van der Waals surface area contributed by atoms with Crippen molar-refractivity contribution in [1.82, 2.24) is 0 Å². The topological polar surface area (TPSA) is 69.4 Å². The second kappa shape index (κ2) is 5.87. The largest absolute Gasteiger partial charge is 0.489 e. The molecular weight excluding hydrogens is 286 g/mol. The second-order valence-corrected chi connectivity index (χ2v) is 6.74. The predicted octanol–water partition coefficient (Wildman–Crippen LogP) is 2.84. The lowest BCUT2D eigenvalue weighted by Crippen LogP contribution is -2.14. The minimum atomic E-state index is -3.70. The SMILES string of the molecule is Cc1cccc(COc2cc(C)c(S(N)(=O)=O)cc2C)c1. The van der Waals surface area contributed by atoms with E-state index in [1.165, 1.54) is 5.56 Å². The van der Waals surface area contributed by atoms with Crippen LogP contribution in [0, 0.1) is 20.8 Å². The van der Waals surface area contributed by atoms with E-state index in [0.717, 1.165) is 11.1 Å². The molecule has 0 amide bonds. The molecule has 2 aromatic carbocycles. The first-order valence-corrected chi connectivity index (χ1v) is 8.14. The van der Waals surface area contributed by atoms with E-state index >= 15 is 0 Å². The van der Waals surface area contributed by atoms with Crippen molar-refractivity contribution in [3.63, 3.8) is 0 Å². The van der Waals surface area contributed by atoms with Gasteiger partial charge in [-0.3, -0.25) is 0 Å². The Kier molecular flexibility index (Phi) is 4.34. The minimum Gasteiger partial charge on any atom is -0.489 e. The molecule has 0 aliphatic rings. The number of hydrogen-bond donors (Lipinski definition) is 1. The van der Waals surface area contributed by atoms with Crippen LogP contribution in [0.5, 0.6) is 5.75 Å². The van der Waals surface area contributed by atoms with Crippen LogP contribution in [0.1, 0.15) is 22.3 Å². The van der Waals surface area contributed by atoms with Gasteiger partial charge in [-0.15, -0.1) is 0 Å². The molecule has 0 radical (unpaired) electrons. The number of hydrogen-bond acceptors (Lipinski definition) is 3. The fourth-order valence-corrected chi connectivity index (χ4v) is 3.04. The van der Waals surface area contributed by atoms with Gasteiger partial charge in [0, 0.05) is 0 Å². The van der Waals surface area contributed by atoms with Crippen molar-refractivity contribution in [2.75, 3.05) is 0 Å². The molecule has 4 nitrogen and oxygen atoms in total. The van der Waals surface area contributed by atoms with Crippen molar-refractivity contribution in [1.29, 1.82) is 0 Å². The normalized spacial score (nSPS) is 11.4. The van der Waals surface area contributed by atoms with Crippen LogP contribution in [-0.4, -0.2) is 8.42 Å². The van der Waals surface area contributed by atoms with Crippen LogP contribution in [0.2, 0.25) is 0 Å². The maximum Gasteiger partial charge on any atom is 0.238 e. The smallest absolute Gasteiger partial charge is 0.238 e. The summed E-state index contributed by atoms with van der Waals surface area (Å²) in [6.45, 7) is 5.98. The summed E-state index contributed by atoms with van der Waals surface area (Å²) in [7, 11) is -3.70. The molecule has 2 rings (SSSR count). The summed E-state index contributed by atoms with van der Waals surface area (Å²) in [6.07, 6.45) is 0. The number of rotatable bonds is 4. The molecule has 0 spiro atoms. The van der Waals surface area contributed by atoms with Crippen LogP contribution >= 0.6 is 0 Å². The summed E-state index contributed by atoms with van der Waals surface area (Å²) in [5, 5.41) is 5.19. The van der Waals surface area contributed by atoms with E-state index in [-0.39, 0.29) is 4.90 Å². The monoisotopic (exact) mass is 305 g/mol. The van der Waals surface area contributed by atoms with Gasteiger partial charge in [-0.25, -0.2) is 13.6 Å². The lowest BCUT2D eigenvalue weighted by Gasteiger charge is -2.13. The highest BCUT2D eigenvalue weighted by Crippen LogP contribution is 2.26. The summed E-state index contributed by atoms with van der Waals surface area (Å²) in [6, 6.07) is 11.3. The van der Waals surface area contributed by atoms with Gasteiger partial charge in [0.15, 0.2) is 0 Å². The first kappa shape index (κ1) is 15.5. The van der Waals surface area contributed by atoms with Gasteiger partial charge in [0.1, 0.15) is 12.4 Å². The first-order valence-electron chi connectivity index (χ1n) is 6.60. The summed E-state index contributed by atoms with van der Waals surface area (Å²) in [4.78, 5) is 0.142. The molecule has 5 heteroatoms. The van der Waals surface area contributed by atoms with Crippen LogP contribution in [0.15, 0.2) is 41.3 Å². The molecule has 0 saturated heterocycles. The predicted molar refractivity (Wildman–Crippen MR) is 82.8 cm³/mol. The number of benzene rings is 2. The molecule has 2 aromatic rings. The Morgan fingerprint density at radius 2 is 1.76 bits per heavy atom. The molecule has 21 heavy (non-hydrogen) atoms. The number of ether oxygens (including phenoxy) is 1. The first-order chi connectivity index (χ1) is 9.77. The zero-order chi connectivity index (χ0) is 15.6. The molecule has 0 bridgehead atoms. The average Bonchev–Trinajstić information content (AvgIpc) is 2.38. The van der Waals surface area contributed by atoms with Crippen molar-refractivity contribution < 1.29 is 13.2 Å². The van der Waals surface area contributed by atoms with E-state index in [9.17, 15) is 8.42 Å². The van der Waals surface area contributed by atoms with Crippen molar-refractivity contribution >= 4 is 10.0 Å². The molecule has 0 aliphatic carbocycles. The molecule has 112 valence electrons. The molecule has 0 heterocycles. The van der Waals surface area contributed by atoms with Gasteiger partial charge >= 0.3 is 0 Å². The van der Waals surface area contributed by atoms with Gasteiger partial charge in [0.2, 0.25) is 10.0 Å². The lowest BCUT2D eigenvalue weighted by atomic mass is 10.1.